The molecule has 0 bridgehead atoms. The van der Waals surface area contributed by atoms with E-state index in [9.17, 15) is 4.79 Å². The molecule has 0 aliphatic carbocycles. The van der Waals surface area contributed by atoms with Crippen molar-refractivity contribution in [2.75, 3.05) is 26.1 Å². The van der Waals surface area contributed by atoms with Gasteiger partial charge in [0.25, 0.3) is 0 Å². The van der Waals surface area contributed by atoms with Crippen molar-refractivity contribution in [3.8, 4) is 17.2 Å². The topological polar surface area (TPSA) is 60.0 Å². The van der Waals surface area contributed by atoms with Crippen molar-refractivity contribution >= 4 is 11.7 Å². The van der Waals surface area contributed by atoms with Crippen LogP contribution >= 0.6 is 0 Å². The summed E-state index contributed by atoms with van der Waals surface area (Å²) in [6.45, 7) is 3.67. The number of hydrogen-bond donors (Lipinski definition) is 1. The standard InChI is InChI=1S/C27H32N2O4/c1-4-5-17-29(27(30)28-23-13-9-10-14-24(23)31-2)19-22-15-16-25(26(18-22)32-3)33-20-21-11-7-6-8-12-21/h6-16,18H,4-5,17,19-20H2,1-3H3,(H,28,30). The lowest BCUT2D eigenvalue weighted by Crippen LogP contribution is -2.35. The lowest BCUT2D eigenvalue weighted by atomic mass is 10.1. The van der Waals surface area contributed by atoms with Gasteiger partial charge >= 0.3 is 6.03 Å². The average molecular weight is 449 g/mol. The van der Waals surface area contributed by atoms with Gasteiger partial charge in [0.1, 0.15) is 12.4 Å². The second kappa shape index (κ2) is 12.4. The van der Waals surface area contributed by atoms with E-state index in [-0.39, 0.29) is 6.03 Å². The van der Waals surface area contributed by atoms with Crippen molar-refractivity contribution in [3.63, 3.8) is 0 Å². The first-order valence-corrected chi connectivity index (χ1v) is 11.2. The number of anilines is 1. The SMILES string of the molecule is CCCCN(Cc1ccc(OCc2ccccc2)c(OC)c1)C(=O)Nc1ccccc1OC. The van der Waals surface area contributed by atoms with Gasteiger partial charge in [-0.3, -0.25) is 0 Å². The van der Waals surface area contributed by atoms with Crippen molar-refractivity contribution in [1.82, 2.24) is 4.90 Å². The summed E-state index contributed by atoms with van der Waals surface area (Å²) in [7, 11) is 3.21. The summed E-state index contributed by atoms with van der Waals surface area (Å²) in [5, 5.41) is 2.98. The third-order valence-electron chi connectivity index (χ3n) is 5.26. The van der Waals surface area contributed by atoms with Crippen LogP contribution < -0.4 is 19.5 Å². The van der Waals surface area contributed by atoms with E-state index in [0.717, 1.165) is 24.0 Å². The molecule has 174 valence electrons. The fourth-order valence-corrected chi connectivity index (χ4v) is 3.43. The van der Waals surface area contributed by atoms with E-state index in [4.69, 9.17) is 14.2 Å². The highest BCUT2D eigenvalue weighted by Crippen LogP contribution is 2.30. The second-order valence-electron chi connectivity index (χ2n) is 7.67. The molecule has 0 fully saturated rings. The number of benzene rings is 3. The van der Waals surface area contributed by atoms with Gasteiger partial charge in [-0.15, -0.1) is 0 Å². The minimum atomic E-state index is -0.170. The molecule has 3 rings (SSSR count). The molecule has 0 aliphatic heterocycles. The summed E-state index contributed by atoms with van der Waals surface area (Å²) in [4.78, 5) is 14.9. The first-order chi connectivity index (χ1) is 16.1. The number of nitrogens with one attached hydrogen (secondary N) is 1. The highest BCUT2D eigenvalue weighted by Gasteiger charge is 2.17. The van der Waals surface area contributed by atoms with E-state index < -0.39 is 0 Å². The van der Waals surface area contributed by atoms with Gasteiger partial charge in [0.05, 0.1) is 19.9 Å². The number of methoxy groups -OCH3 is 2. The Kier molecular flexibility index (Phi) is 9.00. The van der Waals surface area contributed by atoms with Gasteiger partial charge in [-0.25, -0.2) is 4.79 Å². The van der Waals surface area contributed by atoms with Crippen LogP contribution in [0.25, 0.3) is 0 Å². The zero-order valence-corrected chi connectivity index (χ0v) is 19.5. The Morgan fingerprint density at radius 1 is 0.848 bits per heavy atom. The molecule has 6 nitrogen and oxygen atoms in total. The summed E-state index contributed by atoms with van der Waals surface area (Å²) in [6, 6.07) is 23.0. The molecule has 0 saturated carbocycles. The van der Waals surface area contributed by atoms with Gasteiger partial charge in [-0.05, 0) is 41.8 Å². The molecule has 0 heterocycles. The van der Waals surface area contributed by atoms with Gasteiger partial charge in [-0.2, -0.15) is 0 Å². The molecule has 0 radical (unpaired) electrons. The molecule has 0 aromatic heterocycles. The predicted octanol–water partition coefficient (Wildman–Crippen LogP) is 6.12. The van der Waals surface area contributed by atoms with E-state index in [1.807, 2.05) is 72.8 Å². The highest BCUT2D eigenvalue weighted by molar-refractivity contribution is 5.91. The van der Waals surface area contributed by atoms with Crippen LogP contribution in [0.2, 0.25) is 0 Å². The van der Waals surface area contributed by atoms with Crippen molar-refractivity contribution in [3.05, 3.63) is 83.9 Å². The Bertz CT molecular complexity index is 1020. The molecule has 2 amide bonds. The Hall–Kier alpha value is -3.67. The number of ether oxygens (including phenoxy) is 3. The van der Waals surface area contributed by atoms with Crippen molar-refractivity contribution < 1.29 is 19.0 Å². The van der Waals surface area contributed by atoms with Gasteiger partial charge < -0.3 is 24.4 Å². The van der Waals surface area contributed by atoms with Crippen LogP contribution in [0.4, 0.5) is 10.5 Å². The second-order valence-corrected chi connectivity index (χ2v) is 7.67. The van der Waals surface area contributed by atoms with E-state index in [1.165, 1.54) is 0 Å². The van der Waals surface area contributed by atoms with Crippen molar-refractivity contribution in [2.24, 2.45) is 0 Å². The number of rotatable bonds is 11. The zero-order chi connectivity index (χ0) is 23.5. The molecular formula is C27H32N2O4. The van der Waals surface area contributed by atoms with Crippen LogP contribution in [0.5, 0.6) is 17.2 Å². The predicted molar refractivity (Wildman–Crippen MR) is 131 cm³/mol. The van der Waals surface area contributed by atoms with E-state index in [0.29, 0.717) is 42.6 Å². The van der Waals surface area contributed by atoms with Gasteiger partial charge in [0, 0.05) is 13.1 Å². The summed E-state index contributed by atoms with van der Waals surface area (Å²) in [5.41, 5.74) is 2.70. The molecule has 0 aliphatic rings. The summed E-state index contributed by atoms with van der Waals surface area (Å²) in [5.74, 6) is 1.94. The normalized spacial score (nSPS) is 10.4. The first-order valence-electron chi connectivity index (χ1n) is 11.2. The van der Waals surface area contributed by atoms with Crippen LogP contribution in [0.3, 0.4) is 0 Å². The van der Waals surface area contributed by atoms with Crippen molar-refractivity contribution in [2.45, 2.75) is 32.9 Å². The molecule has 0 spiro atoms. The summed E-state index contributed by atoms with van der Waals surface area (Å²) >= 11 is 0. The summed E-state index contributed by atoms with van der Waals surface area (Å²) < 4.78 is 16.9. The zero-order valence-electron chi connectivity index (χ0n) is 19.5. The maximum atomic E-state index is 13.1. The lowest BCUT2D eigenvalue weighted by molar-refractivity contribution is 0.208. The number of para-hydroxylation sites is 2. The number of hydrogen-bond acceptors (Lipinski definition) is 4. The van der Waals surface area contributed by atoms with Crippen molar-refractivity contribution in [1.29, 1.82) is 0 Å². The number of amides is 2. The number of carbonyl (C=O) groups is 1. The van der Waals surface area contributed by atoms with Crippen LogP contribution in [0, 0.1) is 0 Å². The average Bonchev–Trinajstić information content (AvgIpc) is 2.86. The van der Waals surface area contributed by atoms with Crippen LogP contribution in [-0.4, -0.2) is 31.7 Å². The van der Waals surface area contributed by atoms with E-state index in [2.05, 4.69) is 12.2 Å². The lowest BCUT2D eigenvalue weighted by Gasteiger charge is -2.24. The van der Waals surface area contributed by atoms with Crippen LogP contribution in [0.1, 0.15) is 30.9 Å². The quantitative estimate of drug-likeness (QED) is 0.384. The van der Waals surface area contributed by atoms with E-state index >= 15 is 0 Å². The summed E-state index contributed by atoms with van der Waals surface area (Å²) in [6.07, 6.45) is 1.91. The molecule has 0 unspecified atom stereocenters. The van der Waals surface area contributed by atoms with E-state index in [1.54, 1.807) is 19.1 Å². The Morgan fingerprint density at radius 2 is 1.58 bits per heavy atom. The number of carbonyl (C=O) groups excluding carboxylic acids is 1. The Morgan fingerprint density at radius 3 is 2.30 bits per heavy atom. The van der Waals surface area contributed by atoms with Crippen LogP contribution in [-0.2, 0) is 13.2 Å². The molecule has 3 aromatic carbocycles. The van der Waals surface area contributed by atoms with Gasteiger partial charge in [-0.1, -0.05) is 61.9 Å². The molecule has 1 N–H and O–H groups in total. The molecule has 0 saturated heterocycles. The minimum Gasteiger partial charge on any atom is -0.495 e. The highest BCUT2D eigenvalue weighted by atomic mass is 16.5. The third kappa shape index (κ3) is 6.91. The first kappa shape index (κ1) is 24.0. The largest absolute Gasteiger partial charge is 0.495 e. The molecule has 3 aromatic rings. The fraction of sp³-hybridized carbons (Fsp3) is 0.296. The molecule has 33 heavy (non-hydrogen) atoms. The monoisotopic (exact) mass is 448 g/mol. The van der Waals surface area contributed by atoms with Gasteiger partial charge in [0.15, 0.2) is 11.5 Å². The maximum absolute atomic E-state index is 13.1. The number of urea groups is 1. The smallest absolute Gasteiger partial charge is 0.322 e. The fourth-order valence-electron chi connectivity index (χ4n) is 3.43. The Labute approximate surface area is 196 Å². The van der Waals surface area contributed by atoms with Gasteiger partial charge in [0.2, 0.25) is 0 Å². The third-order valence-corrected chi connectivity index (χ3v) is 5.26. The molecular weight excluding hydrogens is 416 g/mol. The molecule has 0 atom stereocenters. The number of nitrogens with zero attached hydrogens (tertiary/aromatic N) is 1. The Balaban J connectivity index is 1.71. The maximum Gasteiger partial charge on any atom is 0.322 e. The van der Waals surface area contributed by atoms with Crippen LogP contribution in [0.15, 0.2) is 72.8 Å². The number of unbranched alkanes of at least 4 members (excludes halogenated alkanes) is 1. The molecule has 6 heteroatoms. The minimum absolute atomic E-state index is 0.170.